The first-order chi connectivity index (χ1) is 8.20. The van der Waals surface area contributed by atoms with Crippen LogP contribution >= 0.6 is 0 Å². The van der Waals surface area contributed by atoms with Gasteiger partial charge in [-0.05, 0) is 18.8 Å². The van der Waals surface area contributed by atoms with Crippen LogP contribution in [0.2, 0.25) is 0 Å². The predicted molar refractivity (Wildman–Crippen MR) is 65.5 cm³/mol. The zero-order valence-electron chi connectivity index (χ0n) is 10.7. The minimum Gasteiger partial charge on any atom is -0.299 e. The molecule has 1 saturated carbocycles. The molecule has 2 unspecified atom stereocenters. The molecule has 4 heteroatoms. The van der Waals surface area contributed by atoms with Gasteiger partial charge in [0.25, 0.3) is 0 Å². The van der Waals surface area contributed by atoms with Gasteiger partial charge in [0.15, 0.2) is 0 Å². The largest absolute Gasteiger partial charge is 0.299 e. The van der Waals surface area contributed by atoms with Gasteiger partial charge in [0, 0.05) is 13.0 Å². The number of Topliss-reactive ketones (excluding diaryl/α,β-unsaturated/α-hetero) is 1. The Morgan fingerprint density at radius 3 is 3.00 bits per heavy atom. The molecule has 0 spiro atoms. The van der Waals surface area contributed by atoms with E-state index in [1.807, 2.05) is 7.05 Å². The molecule has 4 nitrogen and oxygen atoms in total. The van der Waals surface area contributed by atoms with Crippen LogP contribution in [0.1, 0.15) is 44.9 Å². The molecule has 0 radical (unpaired) electrons. The molecule has 94 valence electrons. The Bertz CT molecular complexity index is 386. The van der Waals surface area contributed by atoms with Gasteiger partial charge in [-0.1, -0.05) is 26.2 Å². The topological polar surface area (TPSA) is 47.8 Å². The lowest BCUT2D eigenvalue weighted by atomic mass is 9.78. The van der Waals surface area contributed by atoms with E-state index in [1.54, 1.807) is 4.68 Å². The van der Waals surface area contributed by atoms with Crippen molar-refractivity contribution in [2.45, 2.75) is 45.4 Å². The van der Waals surface area contributed by atoms with Crippen molar-refractivity contribution in [3.63, 3.8) is 0 Å². The number of carbonyl (C=O) groups excluding carboxylic acids is 1. The summed E-state index contributed by atoms with van der Waals surface area (Å²) >= 11 is 0. The van der Waals surface area contributed by atoms with Crippen molar-refractivity contribution in [3.8, 4) is 0 Å². The van der Waals surface area contributed by atoms with Crippen LogP contribution in [0, 0.1) is 11.8 Å². The number of hydrogen-bond donors (Lipinski definition) is 0. The van der Waals surface area contributed by atoms with Crippen molar-refractivity contribution >= 4 is 5.78 Å². The van der Waals surface area contributed by atoms with Crippen LogP contribution in [-0.2, 0) is 18.3 Å². The van der Waals surface area contributed by atoms with E-state index in [-0.39, 0.29) is 5.92 Å². The summed E-state index contributed by atoms with van der Waals surface area (Å²) in [7, 11) is 1.84. The van der Waals surface area contributed by atoms with Gasteiger partial charge in [-0.3, -0.25) is 9.48 Å². The number of rotatable bonds is 4. The predicted octanol–water partition coefficient (Wildman–Crippen LogP) is 2.14. The standard InChI is InChI=1S/C13H21N3O/c1-3-10-5-4-6-11(7-10)12(17)8-13-14-9-15-16(13)2/h9-11H,3-8H2,1-2H3. The Morgan fingerprint density at radius 2 is 2.35 bits per heavy atom. The van der Waals surface area contributed by atoms with Crippen molar-refractivity contribution in [2.24, 2.45) is 18.9 Å². The summed E-state index contributed by atoms with van der Waals surface area (Å²) in [5, 5.41) is 4.00. The molecule has 2 rings (SSSR count). The van der Waals surface area contributed by atoms with Crippen LogP contribution in [-0.4, -0.2) is 20.5 Å². The van der Waals surface area contributed by atoms with E-state index < -0.39 is 0 Å². The van der Waals surface area contributed by atoms with Crippen LogP contribution in [0.5, 0.6) is 0 Å². The van der Waals surface area contributed by atoms with Crippen LogP contribution in [0.3, 0.4) is 0 Å². The first-order valence-corrected chi connectivity index (χ1v) is 6.56. The number of nitrogens with zero attached hydrogens (tertiary/aromatic N) is 3. The van der Waals surface area contributed by atoms with Crippen LogP contribution < -0.4 is 0 Å². The zero-order chi connectivity index (χ0) is 12.3. The molecule has 0 saturated heterocycles. The van der Waals surface area contributed by atoms with Gasteiger partial charge < -0.3 is 0 Å². The van der Waals surface area contributed by atoms with Gasteiger partial charge in [0.1, 0.15) is 17.9 Å². The highest BCUT2D eigenvalue weighted by Gasteiger charge is 2.26. The summed E-state index contributed by atoms with van der Waals surface area (Å²) in [5.41, 5.74) is 0. The highest BCUT2D eigenvalue weighted by molar-refractivity contribution is 5.82. The maximum atomic E-state index is 12.2. The van der Waals surface area contributed by atoms with Crippen LogP contribution in [0.15, 0.2) is 6.33 Å². The molecule has 0 aromatic carbocycles. The van der Waals surface area contributed by atoms with Crippen molar-refractivity contribution in [1.29, 1.82) is 0 Å². The lowest BCUT2D eigenvalue weighted by Crippen LogP contribution is -2.25. The molecule has 1 aromatic rings. The third-order valence-electron chi connectivity index (χ3n) is 3.95. The average molecular weight is 235 g/mol. The third-order valence-corrected chi connectivity index (χ3v) is 3.95. The van der Waals surface area contributed by atoms with Gasteiger partial charge in [0.2, 0.25) is 0 Å². The molecular weight excluding hydrogens is 214 g/mol. The summed E-state index contributed by atoms with van der Waals surface area (Å²) in [6.45, 7) is 2.22. The van der Waals surface area contributed by atoms with Gasteiger partial charge in [0.05, 0.1) is 6.42 Å². The third kappa shape index (κ3) is 2.93. The molecule has 0 aliphatic heterocycles. The van der Waals surface area contributed by atoms with Crippen molar-refractivity contribution in [2.75, 3.05) is 0 Å². The first kappa shape index (κ1) is 12.3. The van der Waals surface area contributed by atoms with Crippen molar-refractivity contribution in [3.05, 3.63) is 12.2 Å². The Hall–Kier alpha value is -1.19. The summed E-state index contributed by atoms with van der Waals surface area (Å²) in [6.07, 6.45) is 7.79. The maximum Gasteiger partial charge on any atom is 0.143 e. The Balaban J connectivity index is 1.94. The SMILES string of the molecule is CCC1CCCC(C(=O)Cc2ncnn2C)C1. The highest BCUT2D eigenvalue weighted by atomic mass is 16.1. The average Bonchev–Trinajstić information content (AvgIpc) is 2.75. The van der Waals surface area contributed by atoms with Gasteiger partial charge in [-0.25, -0.2) is 4.98 Å². The molecule has 1 fully saturated rings. The molecule has 2 atom stereocenters. The second kappa shape index (κ2) is 5.43. The molecule has 0 bridgehead atoms. The van der Waals surface area contributed by atoms with Crippen LogP contribution in [0.4, 0.5) is 0 Å². The lowest BCUT2D eigenvalue weighted by molar-refractivity contribution is -0.123. The molecule has 1 aliphatic rings. The molecule has 17 heavy (non-hydrogen) atoms. The van der Waals surface area contributed by atoms with Crippen molar-refractivity contribution in [1.82, 2.24) is 14.8 Å². The number of aromatic nitrogens is 3. The van der Waals surface area contributed by atoms with Gasteiger partial charge in [-0.15, -0.1) is 0 Å². The van der Waals surface area contributed by atoms with Crippen molar-refractivity contribution < 1.29 is 4.79 Å². The molecule has 1 aromatic heterocycles. The number of hydrogen-bond acceptors (Lipinski definition) is 3. The van der Waals surface area contributed by atoms with E-state index in [0.29, 0.717) is 12.2 Å². The number of ketones is 1. The fourth-order valence-corrected chi connectivity index (χ4v) is 2.73. The molecule has 1 heterocycles. The first-order valence-electron chi connectivity index (χ1n) is 6.56. The molecule has 0 N–H and O–H groups in total. The normalized spacial score (nSPS) is 24.8. The van der Waals surface area contributed by atoms with E-state index in [2.05, 4.69) is 17.0 Å². The Morgan fingerprint density at radius 1 is 1.53 bits per heavy atom. The van der Waals surface area contributed by atoms with E-state index >= 15 is 0 Å². The highest BCUT2D eigenvalue weighted by Crippen LogP contribution is 2.31. The maximum absolute atomic E-state index is 12.2. The van der Waals surface area contributed by atoms with E-state index in [1.165, 1.54) is 25.6 Å². The minimum atomic E-state index is 0.255. The Kier molecular flexibility index (Phi) is 3.92. The Labute approximate surface area is 102 Å². The van der Waals surface area contributed by atoms with Gasteiger partial charge >= 0.3 is 0 Å². The summed E-state index contributed by atoms with van der Waals surface area (Å²) in [6, 6.07) is 0. The second-order valence-corrected chi connectivity index (χ2v) is 5.08. The fourth-order valence-electron chi connectivity index (χ4n) is 2.73. The smallest absolute Gasteiger partial charge is 0.143 e. The fraction of sp³-hybridized carbons (Fsp3) is 0.769. The number of aryl methyl sites for hydroxylation is 1. The van der Waals surface area contributed by atoms with E-state index in [4.69, 9.17) is 0 Å². The molecular formula is C13H21N3O. The zero-order valence-corrected chi connectivity index (χ0v) is 10.7. The quantitative estimate of drug-likeness (QED) is 0.803. The van der Waals surface area contributed by atoms with E-state index in [9.17, 15) is 4.79 Å². The summed E-state index contributed by atoms with van der Waals surface area (Å²) in [5.74, 6) is 2.13. The van der Waals surface area contributed by atoms with E-state index in [0.717, 1.165) is 24.6 Å². The molecule has 1 aliphatic carbocycles. The lowest BCUT2D eigenvalue weighted by Gasteiger charge is -2.27. The van der Waals surface area contributed by atoms with Crippen LogP contribution in [0.25, 0.3) is 0 Å². The summed E-state index contributed by atoms with van der Waals surface area (Å²) < 4.78 is 1.69. The monoisotopic (exact) mass is 235 g/mol. The van der Waals surface area contributed by atoms with Gasteiger partial charge in [-0.2, -0.15) is 5.10 Å². The summed E-state index contributed by atoms with van der Waals surface area (Å²) in [4.78, 5) is 16.3. The molecule has 0 amide bonds. The number of carbonyl (C=O) groups is 1. The second-order valence-electron chi connectivity index (χ2n) is 5.08. The minimum absolute atomic E-state index is 0.255.